The summed E-state index contributed by atoms with van der Waals surface area (Å²) < 4.78 is 2.32. The zero-order valence-corrected chi connectivity index (χ0v) is 17.1. The van der Waals surface area contributed by atoms with Crippen LogP contribution in [0.2, 0.25) is 0 Å². The average molecular weight is 393 g/mol. The number of thiocarbonyl (C=S) groups is 1. The van der Waals surface area contributed by atoms with Crippen LogP contribution in [0, 0.1) is 13.8 Å². The van der Waals surface area contributed by atoms with Crippen LogP contribution in [0.4, 0.5) is 5.69 Å². The molecule has 144 valence electrons. The zero-order chi connectivity index (χ0) is 19.8. The van der Waals surface area contributed by atoms with Gasteiger partial charge in [-0.15, -0.1) is 0 Å². The molecule has 0 aliphatic carbocycles. The van der Waals surface area contributed by atoms with Gasteiger partial charge in [-0.25, -0.2) is 0 Å². The maximum Gasteiger partial charge on any atom is 0.174 e. The molecule has 3 heterocycles. The van der Waals surface area contributed by atoms with Gasteiger partial charge in [-0.3, -0.25) is 4.98 Å². The highest BCUT2D eigenvalue weighted by atomic mass is 32.1. The molecular weight excluding hydrogens is 368 g/mol. The Kier molecular flexibility index (Phi) is 4.81. The Morgan fingerprint density at radius 1 is 1.14 bits per heavy atom. The smallest absolute Gasteiger partial charge is 0.174 e. The van der Waals surface area contributed by atoms with Gasteiger partial charge in [0.25, 0.3) is 0 Å². The molecule has 0 spiro atoms. The number of pyridine rings is 1. The summed E-state index contributed by atoms with van der Waals surface area (Å²) in [7, 11) is 0. The minimum atomic E-state index is -0.0618. The molecule has 1 fully saturated rings. The lowest BCUT2D eigenvalue weighted by Crippen LogP contribution is -2.29. The van der Waals surface area contributed by atoms with Gasteiger partial charge >= 0.3 is 0 Å². The van der Waals surface area contributed by atoms with E-state index >= 15 is 0 Å². The van der Waals surface area contributed by atoms with Crippen LogP contribution in [0.3, 0.4) is 0 Å². The van der Waals surface area contributed by atoms with Gasteiger partial charge < -0.3 is 19.9 Å². The van der Waals surface area contributed by atoms with E-state index in [9.17, 15) is 5.11 Å². The van der Waals surface area contributed by atoms with Gasteiger partial charge in [0.1, 0.15) is 5.75 Å². The third-order valence-corrected chi connectivity index (χ3v) is 5.79. The van der Waals surface area contributed by atoms with E-state index in [1.54, 1.807) is 12.1 Å². The molecule has 0 saturated carbocycles. The van der Waals surface area contributed by atoms with Crippen LogP contribution in [0.1, 0.15) is 41.7 Å². The Hall–Kier alpha value is -2.86. The summed E-state index contributed by atoms with van der Waals surface area (Å²) in [5, 5.41) is 13.9. The number of nitrogens with zero attached hydrogens (tertiary/aromatic N) is 3. The van der Waals surface area contributed by atoms with Gasteiger partial charge in [-0.05, 0) is 81.0 Å². The van der Waals surface area contributed by atoms with Crippen molar-refractivity contribution in [2.24, 2.45) is 0 Å². The van der Waals surface area contributed by atoms with E-state index in [1.165, 1.54) is 17.0 Å². The Balaban J connectivity index is 1.88. The molecule has 4 rings (SSSR count). The molecule has 2 N–H and O–H groups in total. The van der Waals surface area contributed by atoms with E-state index in [-0.39, 0.29) is 17.8 Å². The molecule has 5 nitrogen and oxygen atoms in total. The summed E-state index contributed by atoms with van der Waals surface area (Å²) in [6, 6.07) is 15.3. The van der Waals surface area contributed by atoms with Gasteiger partial charge in [0.2, 0.25) is 0 Å². The molecule has 0 radical (unpaired) electrons. The number of aryl methyl sites for hydroxylation is 1. The molecule has 1 saturated heterocycles. The minimum absolute atomic E-state index is 0.0292. The predicted octanol–water partition coefficient (Wildman–Crippen LogP) is 4.40. The Morgan fingerprint density at radius 3 is 2.50 bits per heavy atom. The van der Waals surface area contributed by atoms with Crippen LogP contribution >= 0.6 is 12.2 Å². The molecule has 2 atom stereocenters. The van der Waals surface area contributed by atoms with Crippen molar-refractivity contribution in [2.45, 2.75) is 39.4 Å². The number of phenols is 1. The number of hydrogen-bond acceptors (Lipinski definition) is 3. The largest absolute Gasteiger partial charge is 0.508 e. The van der Waals surface area contributed by atoms with E-state index in [4.69, 9.17) is 12.2 Å². The number of aromatic nitrogens is 2. The van der Waals surface area contributed by atoms with Crippen molar-refractivity contribution in [3.05, 3.63) is 77.4 Å². The third-order valence-electron chi connectivity index (χ3n) is 5.47. The molecule has 1 aromatic carbocycles. The molecule has 28 heavy (non-hydrogen) atoms. The fraction of sp³-hybridized carbons (Fsp3) is 0.273. The van der Waals surface area contributed by atoms with Crippen molar-refractivity contribution in [2.75, 3.05) is 4.90 Å². The Labute approximate surface area is 170 Å². The maximum atomic E-state index is 9.71. The van der Waals surface area contributed by atoms with Gasteiger partial charge in [0.05, 0.1) is 17.8 Å². The van der Waals surface area contributed by atoms with Crippen molar-refractivity contribution in [1.29, 1.82) is 0 Å². The lowest BCUT2D eigenvalue weighted by atomic mass is 9.96. The number of benzene rings is 1. The zero-order valence-electron chi connectivity index (χ0n) is 16.3. The van der Waals surface area contributed by atoms with E-state index in [1.807, 2.05) is 36.5 Å². The standard InChI is InChI=1S/C22H24N4OS/c1-4-25-14(2)13-18(15(25)3)21-20(19-7-5-6-12-23-19)24-22(28)26(21)16-8-10-17(27)11-9-16/h5-13,20-21,27H,4H2,1-3H3,(H,24,28)/t20-,21+/m1/s1. The lowest BCUT2D eigenvalue weighted by Gasteiger charge is -2.28. The molecule has 6 heteroatoms. The van der Waals surface area contributed by atoms with E-state index in [2.05, 4.69) is 46.6 Å². The van der Waals surface area contributed by atoms with Crippen LogP contribution in [0.5, 0.6) is 5.75 Å². The minimum Gasteiger partial charge on any atom is -0.508 e. The summed E-state index contributed by atoms with van der Waals surface area (Å²) in [4.78, 5) is 6.73. The predicted molar refractivity (Wildman–Crippen MR) is 116 cm³/mol. The highest BCUT2D eigenvalue weighted by molar-refractivity contribution is 7.80. The summed E-state index contributed by atoms with van der Waals surface area (Å²) >= 11 is 5.74. The second-order valence-electron chi connectivity index (χ2n) is 7.08. The highest BCUT2D eigenvalue weighted by Gasteiger charge is 2.42. The maximum absolute atomic E-state index is 9.71. The first-order chi connectivity index (χ1) is 13.5. The van der Waals surface area contributed by atoms with E-state index in [0.29, 0.717) is 5.11 Å². The summed E-state index contributed by atoms with van der Waals surface area (Å²) in [6.45, 7) is 7.39. The summed E-state index contributed by atoms with van der Waals surface area (Å²) in [5.41, 5.74) is 5.60. The fourth-order valence-corrected chi connectivity index (χ4v) is 4.52. The van der Waals surface area contributed by atoms with Gasteiger partial charge in [0, 0.05) is 29.8 Å². The van der Waals surface area contributed by atoms with Crippen LogP contribution in [-0.2, 0) is 6.54 Å². The van der Waals surface area contributed by atoms with Gasteiger partial charge in [0.15, 0.2) is 5.11 Å². The first-order valence-corrected chi connectivity index (χ1v) is 9.88. The number of rotatable bonds is 4. The highest BCUT2D eigenvalue weighted by Crippen LogP contribution is 2.43. The van der Waals surface area contributed by atoms with E-state index in [0.717, 1.165) is 17.9 Å². The number of anilines is 1. The molecule has 1 aliphatic heterocycles. The monoisotopic (exact) mass is 392 g/mol. The van der Waals surface area contributed by atoms with Crippen LogP contribution in [0.15, 0.2) is 54.7 Å². The Bertz CT molecular complexity index is 997. The molecular formula is C22H24N4OS. The average Bonchev–Trinajstić information content (AvgIpc) is 3.18. The second kappa shape index (κ2) is 7.28. The first-order valence-electron chi connectivity index (χ1n) is 9.47. The Morgan fingerprint density at radius 2 is 1.89 bits per heavy atom. The third kappa shape index (κ3) is 3.03. The number of phenolic OH excluding ortho intramolecular Hbond substituents is 1. The molecule has 3 aromatic rings. The molecule has 0 amide bonds. The summed E-state index contributed by atoms with van der Waals surface area (Å²) in [6.07, 6.45) is 1.82. The molecule has 0 unspecified atom stereocenters. The van der Waals surface area contributed by atoms with E-state index < -0.39 is 0 Å². The quantitative estimate of drug-likeness (QED) is 0.645. The normalized spacial score (nSPS) is 19.1. The number of nitrogens with one attached hydrogen (secondary N) is 1. The van der Waals surface area contributed by atoms with Gasteiger partial charge in [-0.1, -0.05) is 6.07 Å². The van der Waals surface area contributed by atoms with Crippen molar-refractivity contribution in [1.82, 2.24) is 14.9 Å². The van der Waals surface area contributed by atoms with Crippen molar-refractivity contribution in [3.8, 4) is 5.75 Å². The summed E-state index contributed by atoms with van der Waals surface area (Å²) in [5.74, 6) is 0.240. The molecule has 0 bridgehead atoms. The second-order valence-corrected chi connectivity index (χ2v) is 7.47. The first kappa shape index (κ1) is 18.5. The number of hydrogen-bond donors (Lipinski definition) is 2. The SMILES string of the molecule is CCn1c(C)cc([C@H]2[C@@H](c3ccccn3)NC(=S)N2c2ccc(O)cc2)c1C. The van der Waals surface area contributed by atoms with Crippen LogP contribution < -0.4 is 10.2 Å². The van der Waals surface area contributed by atoms with Crippen molar-refractivity contribution in [3.63, 3.8) is 0 Å². The van der Waals surface area contributed by atoms with Crippen molar-refractivity contribution >= 4 is 23.0 Å². The number of aromatic hydroxyl groups is 1. The topological polar surface area (TPSA) is 53.3 Å². The van der Waals surface area contributed by atoms with Gasteiger partial charge in [-0.2, -0.15) is 0 Å². The molecule has 2 aromatic heterocycles. The van der Waals surface area contributed by atoms with Crippen LogP contribution in [0.25, 0.3) is 0 Å². The van der Waals surface area contributed by atoms with Crippen LogP contribution in [-0.4, -0.2) is 19.8 Å². The van der Waals surface area contributed by atoms with Crippen molar-refractivity contribution < 1.29 is 5.11 Å². The molecule has 1 aliphatic rings. The lowest BCUT2D eigenvalue weighted by molar-refractivity contribution is 0.475. The fourth-order valence-electron chi connectivity index (χ4n) is 4.18.